The molecule has 0 aromatic heterocycles. The zero-order chi connectivity index (χ0) is 22.1. The van der Waals surface area contributed by atoms with E-state index in [9.17, 15) is 9.59 Å². The van der Waals surface area contributed by atoms with Gasteiger partial charge in [0, 0.05) is 31.4 Å². The summed E-state index contributed by atoms with van der Waals surface area (Å²) in [5, 5.41) is 5.79. The summed E-state index contributed by atoms with van der Waals surface area (Å²) < 4.78 is 10.7. The highest BCUT2D eigenvalue weighted by atomic mass is 16.6. The Morgan fingerprint density at radius 1 is 1.13 bits per heavy atom. The van der Waals surface area contributed by atoms with Crippen molar-refractivity contribution < 1.29 is 19.1 Å². The van der Waals surface area contributed by atoms with Gasteiger partial charge in [0.2, 0.25) is 5.91 Å². The molecule has 7 heteroatoms. The van der Waals surface area contributed by atoms with E-state index in [0.717, 1.165) is 38.3 Å². The van der Waals surface area contributed by atoms with Gasteiger partial charge >= 0.3 is 6.09 Å². The van der Waals surface area contributed by atoms with Crippen LogP contribution in [0.2, 0.25) is 0 Å². The summed E-state index contributed by atoms with van der Waals surface area (Å²) in [7, 11) is 0. The Kier molecular flexibility index (Phi) is 9.11. The molecule has 0 bridgehead atoms. The molecule has 1 aromatic rings. The summed E-state index contributed by atoms with van der Waals surface area (Å²) >= 11 is 0. The van der Waals surface area contributed by atoms with Crippen LogP contribution in [0.25, 0.3) is 0 Å². The minimum absolute atomic E-state index is 0.00451. The van der Waals surface area contributed by atoms with Gasteiger partial charge in [0.25, 0.3) is 0 Å². The quantitative estimate of drug-likeness (QED) is 0.675. The summed E-state index contributed by atoms with van der Waals surface area (Å²) in [6.07, 6.45) is 0.863. The molecule has 1 saturated heterocycles. The van der Waals surface area contributed by atoms with Crippen LogP contribution in [0.4, 0.5) is 10.5 Å². The molecule has 7 nitrogen and oxygen atoms in total. The van der Waals surface area contributed by atoms with Gasteiger partial charge in [0.1, 0.15) is 5.60 Å². The van der Waals surface area contributed by atoms with E-state index in [4.69, 9.17) is 9.47 Å². The minimum atomic E-state index is -0.545. The Labute approximate surface area is 180 Å². The highest BCUT2D eigenvalue weighted by Gasteiger charge is 2.22. The van der Waals surface area contributed by atoms with E-state index in [1.54, 1.807) is 12.1 Å². The number of rotatable bonds is 8. The van der Waals surface area contributed by atoms with Crippen molar-refractivity contribution in [3.8, 4) is 0 Å². The molecule has 1 unspecified atom stereocenters. The van der Waals surface area contributed by atoms with Crippen LogP contribution >= 0.6 is 0 Å². The molecule has 30 heavy (non-hydrogen) atoms. The second-order valence-electron chi connectivity index (χ2n) is 9.24. The van der Waals surface area contributed by atoms with Crippen molar-refractivity contribution in [2.45, 2.75) is 59.1 Å². The van der Waals surface area contributed by atoms with Crippen LogP contribution in [-0.4, -0.2) is 61.4 Å². The Bertz CT molecular complexity index is 677. The van der Waals surface area contributed by atoms with E-state index in [1.807, 2.05) is 32.9 Å². The fraction of sp³-hybridized carbons (Fsp3) is 0.652. The highest BCUT2D eigenvalue weighted by molar-refractivity contribution is 5.85. The molecule has 168 valence electrons. The lowest BCUT2D eigenvalue weighted by Gasteiger charge is -2.35. The molecule has 0 radical (unpaired) electrons. The Morgan fingerprint density at radius 2 is 1.77 bits per heavy atom. The molecule has 1 heterocycles. The SMILES string of the molecule is CC(C)CC(CNC(=O)Cc1ccc(NC(=O)OC(C)(C)C)cc1)N1CCOCC1. The van der Waals surface area contributed by atoms with Crippen LogP contribution in [0.1, 0.15) is 46.6 Å². The monoisotopic (exact) mass is 419 g/mol. The largest absolute Gasteiger partial charge is 0.444 e. The van der Waals surface area contributed by atoms with E-state index in [-0.39, 0.29) is 5.91 Å². The molecule has 2 amide bonds. The number of benzene rings is 1. The highest BCUT2D eigenvalue weighted by Crippen LogP contribution is 2.15. The van der Waals surface area contributed by atoms with Crippen molar-refractivity contribution in [3.63, 3.8) is 0 Å². The average molecular weight is 420 g/mol. The molecule has 0 saturated carbocycles. The summed E-state index contributed by atoms with van der Waals surface area (Å²) in [4.78, 5) is 26.7. The lowest BCUT2D eigenvalue weighted by molar-refractivity contribution is -0.120. The van der Waals surface area contributed by atoms with Crippen LogP contribution in [0.3, 0.4) is 0 Å². The van der Waals surface area contributed by atoms with E-state index < -0.39 is 11.7 Å². The summed E-state index contributed by atoms with van der Waals surface area (Å²) in [5.41, 5.74) is 0.989. The van der Waals surface area contributed by atoms with Crippen LogP contribution in [0.15, 0.2) is 24.3 Å². The zero-order valence-electron chi connectivity index (χ0n) is 19.0. The fourth-order valence-electron chi connectivity index (χ4n) is 3.46. The number of carbonyl (C=O) groups is 2. The van der Waals surface area contributed by atoms with Crippen LogP contribution in [-0.2, 0) is 20.7 Å². The third-order valence-corrected chi connectivity index (χ3v) is 4.80. The van der Waals surface area contributed by atoms with Gasteiger partial charge in [-0.3, -0.25) is 15.0 Å². The number of amides is 2. The molecule has 2 rings (SSSR count). The first-order chi connectivity index (χ1) is 14.1. The molecular formula is C23H37N3O4. The molecule has 2 N–H and O–H groups in total. The molecule has 0 aliphatic carbocycles. The lowest BCUT2D eigenvalue weighted by atomic mass is 10.0. The molecule has 1 aliphatic rings. The summed E-state index contributed by atoms with van der Waals surface area (Å²) in [5.74, 6) is 0.574. The maximum atomic E-state index is 12.5. The topological polar surface area (TPSA) is 79.9 Å². The van der Waals surface area contributed by atoms with Gasteiger partial charge in [-0.1, -0.05) is 26.0 Å². The van der Waals surface area contributed by atoms with Crippen molar-refractivity contribution in [1.29, 1.82) is 0 Å². The summed E-state index contributed by atoms with van der Waals surface area (Å²) in [6, 6.07) is 7.59. The van der Waals surface area contributed by atoms with Crippen molar-refractivity contribution in [1.82, 2.24) is 10.2 Å². The number of ether oxygens (including phenoxy) is 2. The number of nitrogens with one attached hydrogen (secondary N) is 2. The number of hydrogen-bond acceptors (Lipinski definition) is 5. The van der Waals surface area contributed by atoms with Crippen molar-refractivity contribution in [2.75, 3.05) is 38.2 Å². The average Bonchev–Trinajstić information content (AvgIpc) is 2.65. The minimum Gasteiger partial charge on any atom is -0.444 e. The van der Waals surface area contributed by atoms with E-state index in [1.165, 1.54) is 0 Å². The number of morpholine rings is 1. The van der Waals surface area contributed by atoms with Gasteiger partial charge < -0.3 is 14.8 Å². The zero-order valence-corrected chi connectivity index (χ0v) is 19.0. The molecule has 0 spiro atoms. The summed E-state index contributed by atoms with van der Waals surface area (Å²) in [6.45, 7) is 13.9. The van der Waals surface area contributed by atoms with Crippen LogP contribution in [0.5, 0.6) is 0 Å². The number of nitrogens with zero attached hydrogens (tertiary/aromatic N) is 1. The van der Waals surface area contributed by atoms with Crippen LogP contribution in [0, 0.1) is 5.92 Å². The number of anilines is 1. The normalized spacial score (nSPS) is 16.2. The molecule has 1 aliphatic heterocycles. The predicted molar refractivity (Wildman–Crippen MR) is 119 cm³/mol. The van der Waals surface area contributed by atoms with E-state index in [0.29, 0.717) is 30.6 Å². The van der Waals surface area contributed by atoms with Crippen LogP contribution < -0.4 is 10.6 Å². The van der Waals surface area contributed by atoms with Crippen molar-refractivity contribution >= 4 is 17.7 Å². The van der Waals surface area contributed by atoms with E-state index >= 15 is 0 Å². The fourth-order valence-corrected chi connectivity index (χ4v) is 3.46. The second kappa shape index (κ2) is 11.3. The van der Waals surface area contributed by atoms with Crippen molar-refractivity contribution in [2.24, 2.45) is 5.92 Å². The Hall–Kier alpha value is -2.12. The first-order valence-corrected chi connectivity index (χ1v) is 10.8. The predicted octanol–water partition coefficient (Wildman–Crippen LogP) is 3.44. The van der Waals surface area contributed by atoms with Gasteiger partial charge in [-0.15, -0.1) is 0 Å². The molecular weight excluding hydrogens is 382 g/mol. The maximum Gasteiger partial charge on any atom is 0.412 e. The third-order valence-electron chi connectivity index (χ3n) is 4.80. The number of hydrogen-bond donors (Lipinski definition) is 2. The Balaban J connectivity index is 1.82. The van der Waals surface area contributed by atoms with Gasteiger partial charge in [-0.25, -0.2) is 4.79 Å². The number of carbonyl (C=O) groups excluding carboxylic acids is 2. The second-order valence-corrected chi connectivity index (χ2v) is 9.24. The van der Waals surface area contributed by atoms with Gasteiger partial charge in [0.15, 0.2) is 0 Å². The maximum absolute atomic E-state index is 12.5. The van der Waals surface area contributed by atoms with Gasteiger partial charge in [-0.2, -0.15) is 0 Å². The third kappa shape index (κ3) is 9.13. The van der Waals surface area contributed by atoms with Gasteiger partial charge in [-0.05, 0) is 50.8 Å². The molecule has 1 fully saturated rings. The molecule has 1 atom stereocenters. The lowest BCUT2D eigenvalue weighted by Crippen LogP contribution is -2.49. The first kappa shape index (κ1) is 24.2. The van der Waals surface area contributed by atoms with Crippen molar-refractivity contribution in [3.05, 3.63) is 29.8 Å². The van der Waals surface area contributed by atoms with Gasteiger partial charge in [0.05, 0.1) is 19.6 Å². The van der Waals surface area contributed by atoms with E-state index in [2.05, 4.69) is 29.4 Å². The standard InChI is InChI=1S/C23H37N3O4/c1-17(2)14-20(26-10-12-29-13-11-26)16-24-21(27)15-18-6-8-19(9-7-18)25-22(28)30-23(3,4)5/h6-9,17,20H,10-16H2,1-5H3,(H,24,27)(H,25,28). The first-order valence-electron chi connectivity index (χ1n) is 10.8. The smallest absolute Gasteiger partial charge is 0.412 e. The Morgan fingerprint density at radius 3 is 2.33 bits per heavy atom. The molecule has 1 aromatic carbocycles.